The number of amides is 1. The number of ether oxygens (including phenoxy) is 2. The molecule has 48 heavy (non-hydrogen) atoms. The second-order valence-corrected chi connectivity index (χ2v) is 15.9. The molecule has 0 aliphatic carbocycles. The van der Waals surface area contributed by atoms with Crippen molar-refractivity contribution in [3.63, 3.8) is 0 Å². The number of carbonyl (C=O) groups is 1. The maximum Gasteiger partial charge on any atom is 0.280 e. The van der Waals surface area contributed by atoms with Crippen molar-refractivity contribution in [2.45, 2.75) is 68.2 Å². The number of rotatable bonds is 9. The number of carbonyl (C=O) groups excluding carboxylic acids is 1. The molecule has 1 amide bonds. The summed E-state index contributed by atoms with van der Waals surface area (Å²) in [7, 11) is -4.99. The quantitative estimate of drug-likeness (QED) is 0.339. The number of halogens is 1. The van der Waals surface area contributed by atoms with Gasteiger partial charge in [0.2, 0.25) is 10.0 Å². The lowest BCUT2D eigenvalue weighted by Gasteiger charge is -2.35. The maximum atomic E-state index is 14.3. The molecule has 0 saturated heterocycles. The van der Waals surface area contributed by atoms with Crippen LogP contribution in [0, 0.1) is 11.7 Å². The van der Waals surface area contributed by atoms with Crippen LogP contribution in [-0.2, 0) is 31.8 Å². The van der Waals surface area contributed by atoms with Gasteiger partial charge in [0, 0.05) is 51.6 Å². The van der Waals surface area contributed by atoms with Crippen molar-refractivity contribution in [3.05, 3.63) is 66.4 Å². The van der Waals surface area contributed by atoms with Crippen molar-refractivity contribution >= 4 is 31.6 Å². The van der Waals surface area contributed by atoms with Crippen LogP contribution < -0.4 is 9.46 Å². The normalized spacial score (nSPS) is 20.9. The lowest BCUT2D eigenvalue weighted by atomic mass is 10.0. The largest absolute Gasteiger partial charge is 0.490 e. The molecule has 2 heterocycles. The Morgan fingerprint density at radius 1 is 1.12 bits per heavy atom. The molecule has 0 saturated carbocycles. The minimum absolute atomic E-state index is 0.0496. The fraction of sp³-hybridized carbons (Fsp3) is 0.500. The number of nitrogens with one attached hydrogen (secondary N) is 1. The first-order valence-electron chi connectivity index (χ1n) is 15.7. The maximum absolute atomic E-state index is 14.3. The van der Waals surface area contributed by atoms with E-state index in [1.54, 1.807) is 14.0 Å². The van der Waals surface area contributed by atoms with Gasteiger partial charge in [-0.25, -0.2) is 17.8 Å². The summed E-state index contributed by atoms with van der Waals surface area (Å²) in [5.41, 5.74) is 0.199. The summed E-state index contributed by atoms with van der Waals surface area (Å²) in [6.07, 6.45) is 3.78. The molecule has 0 unspecified atom stereocenters. The lowest BCUT2D eigenvalue weighted by molar-refractivity contribution is -0.00834. The van der Waals surface area contributed by atoms with Crippen LogP contribution in [0.15, 0.2) is 64.9 Å². The van der Waals surface area contributed by atoms with Gasteiger partial charge >= 0.3 is 0 Å². The number of fused-ring (bicyclic) bond motifs is 1. The molecule has 0 fully saturated rings. The molecule has 1 aromatic heterocycles. The number of likely N-dealkylation sites (N-methyl/N-ethyl adjacent to an activating group) is 1. The van der Waals surface area contributed by atoms with E-state index in [0.29, 0.717) is 19.4 Å². The van der Waals surface area contributed by atoms with Crippen LogP contribution >= 0.6 is 0 Å². The zero-order chi connectivity index (χ0) is 35.2. The fourth-order valence-electron chi connectivity index (χ4n) is 5.32. The molecule has 4 atom stereocenters. The highest BCUT2D eigenvalue weighted by atomic mass is 32.2. The summed E-state index contributed by atoms with van der Waals surface area (Å²) in [6.45, 7) is 5.35. The third-order valence-electron chi connectivity index (χ3n) is 8.22. The Bertz CT molecular complexity index is 1770. The van der Waals surface area contributed by atoms with Gasteiger partial charge < -0.3 is 24.0 Å². The Morgan fingerprint density at radius 2 is 1.83 bits per heavy atom. The fourth-order valence-corrected chi connectivity index (χ4v) is 7.54. The van der Waals surface area contributed by atoms with Gasteiger partial charge in [0.15, 0.2) is 5.03 Å². The molecule has 0 radical (unpaired) electrons. The summed E-state index contributed by atoms with van der Waals surface area (Å²) in [6, 6.07) is 8.34. The van der Waals surface area contributed by atoms with E-state index < -0.39 is 49.8 Å². The predicted molar refractivity (Wildman–Crippen MR) is 177 cm³/mol. The number of aliphatic hydroxyl groups is 1. The highest BCUT2D eigenvalue weighted by Gasteiger charge is 2.33. The van der Waals surface area contributed by atoms with Crippen LogP contribution in [0.5, 0.6) is 5.75 Å². The van der Waals surface area contributed by atoms with Gasteiger partial charge in [0.1, 0.15) is 11.6 Å². The molecule has 1 aliphatic heterocycles. The van der Waals surface area contributed by atoms with Gasteiger partial charge in [-0.3, -0.25) is 9.52 Å². The van der Waals surface area contributed by atoms with Gasteiger partial charge in [-0.2, -0.15) is 12.7 Å². The van der Waals surface area contributed by atoms with Gasteiger partial charge in [0.25, 0.3) is 15.9 Å². The second kappa shape index (κ2) is 15.8. The van der Waals surface area contributed by atoms with E-state index in [-0.39, 0.29) is 52.7 Å². The van der Waals surface area contributed by atoms with E-state index in [1.807, 2.05) is 13.8 Å². The Kier molecular flexibility index (Phi) is 12.2. The zero-order valence-corrected chi connectivity index (χ0v) is 29.4. The van der Waals surface area contributed by atoms with Crippen LogP contribution in [0.2, 0.25) is 0 Å². The van der Waals surface area contributed by atoms with Crippen molar-refractivity contribution in [1.29, 1.82) is 0 Å². The third-order valence-corrected chi connectivity index (χ3v) is 11.3. The molecule has 2 aromatic carbocycles. The number of hydrogen-bond acceptors (Lipinski definition) is 9. The molecular weight excluding hydrogens is 666 g/mol. The SMILES string of the molecule is C[C@H]1CCCCO[C@@H](CN(C)S(=O)(=O)c2ccc(F)cc2)[C@@H](C)CN([C@@H](C)CO)C(=O)c2cc(NS(=O)(=O)c3cn(C)cn3)ccc2O1. The number of hydrogen-bond donors (Lipinski definition) is 2. The average molecular weight is 710 g/mol. The summed E-state index contributed by atoms with van der Waals surface area (Å²) in [5.74, 6) is -1.24. The average Bonchev–Trinajstić information content (AvgIpc) is 3.49. The van der Waals surface area contributed by atoms with Crippen LogP contribution in [0.3, 0.4) is 0 Å². The van der Waals surface area contributed by atoms with E-state index >= 15 is 0 Å². The number of aliphatic hydroxyl groups excluding tert-OH is 1. The van der Waals surface area contributed by atoms with Crippen LogP contribution in [0.25, 0.3) is 0 Å². The van der Waals surface area contributed by atoms with Crippen LogP contribution in [-0.4, -0.2) is 98.2 Å². The van der Waals surface area contributed by atoms with Gasteiger partial charge in [0.05, 0.1) is 41.6 Å². The Hall–Kier alpha value is -3.57. The molecule has 2 N–H and O–H groups in total. The van der Waals surface area contributed by atoms with E-state index in [1.165, 1.54) is 59.4 Å². The van der Waals surface area contributed by atoms with E-state index in [9.17, 15) is 31.1 Å². The number of aryl methyl sites for hydroxylation is 1. The van der Waals surface area contributed by atoms with Crippen molar-refractivity contribution in [2.75, 3.05) is 38.1 Å². The molecule has 16 heteroatoms. The molecule has 13 nitrogen and oxygen atoms in total. The Morgan fingerprint density at radius 3 is 2.48 bits per heavy atom. The van der Waals surface area contributed by atoms with Crippen molar-refractivity contribution in [1.82, 2.24) is 18.8 Å². The summed E-state index contributed by atoms with van der Waals surface area (Å²) in [4.78, 5) is 19.6. The van der Waals surface area contributed by atoms with Gasteiger partial charge in [-0.1, -0.05) is 6.92 Å². The zero-order valence-electron chi connectivity index (χ0n) is 27.7. The lowest BCUT2D eigenvalue weighted by Crippen LogP contribution is -2.48. The second-order valence-electron chi connectivity index (χ2n) is 12.2. The highest BCUT2D eigenvalue weighted by molar-refractivity contribution is 7.92. The molecule has 3 aromatic rings. The third kappa shape index (κ3) is 9.11. The van der Waals surface area contributed by atoms with Crippen LogP contribution in [0.1, 0.15) is 50.4 Å². The van der Waals surface area contributed by atoms with Crippen LogP contribution in [0.4, 0.5) is 10.1 Å². The van der Waals surface area contributed by atoms with E-state index in [4.69, 9.17) is 9.47 Å². The molecule has 0 bridgehead atoms. The van der Waals surface area contributed by atoms with Crippen molar-refractivity contribution in [3.8, 4) is 5.75 Å². The predicted octanol–water partition coefficient (Wildman–Crippen LogP) is 3.48. The highest BCUT2D eigenvalue weighted by Crippen LogP contribution is 2.29. The smallest absolute Gasteiger partial charge is 0.280 e. The van der Waals surface area contributed by atoms with E-state index in [0.717, 1.165) is 22.9 Å². The minimum atomic E-state index is -4.07. The van der Waals surface area contributed by atoms with Gasteiger partial charge in [-0.15, -0.1) is 0 Å². The topological polar surface area (TPSA) is 160 Å². The van der Waals surface area contributed by atoms with Crippen molar-refractivity contribution in [2.24, 2.45) is 13.0 Å². The Balaban J connectivity index is 1.67. The minimum Gasteiger partial charge on any atom is -0.490 e. The number of nitrogens with zero attached hydrogens (tertiary/aromatic N) is 4. The first kappa shape index (κ1) is 37.3. The molecule has 0 spiro atoms. The molecule has 264 valence electrons. The summed E-state index contributed by atoms with van der Waals surface area (Å²) >= 11 is 0. The first-order valence-corrected chi connectivity index (χ1v) is 18.6. The first-order chi connectivity index (χ1) is 22.6. The number of benzene rings is 2. The number of aromatic nitrogens is 2. The molecule has 1 aliphatic rings. The van der Waals surface area contributed by atoms with E-state index in [2.05, 4.69) is 9.71 Å². The summed E-state index contributed by atoms with van der Waals surface area (Å²) < 4.78 is 83.8. The van der Waals surface area contributed by atoms with Gasteiger partial charge in [-0.05, 0) is 75.6 Å². The monoisotopic (exact) mass is 709 g/mol. The molecule has 4 rings (SSSR count). The molecular formula is C32H44FN5O8S2. The van der Waals surface area contributed by atoms with Crippen molar-refractivity contribution < 1.29 is 40.6 Å². The number of imidazole rings is 1. The Labute approximate surface area is 281 Å². The number of sulfonamides is 2. The summed E-state index contributed by atoms with van der Waals surface area (Å²) in [5, 5.41) is 9.99. The standard InChI is InChI=1S/C32H44FN5O8S2/c1-22-17-38(23(2)20-39)32(40)28-16-26(35-47(41,42)31-19-36(4)21-34-31)11-14-29(28)46-24(3)8-6-7-15-45-30(22)18-37(5)48(43,44)27-12-9-25(33)10-13-27/h9-14,16,19,21-24,30,35,39H,6-8,15,17-18,20H2,1-5H3/t22-,23-,24-,30-/m0/s1. The number of anilines is 1.